The van der Waals surface area contributed by atoms with Crippen molar-refractivity contribution < 1.29 is 9.53 Å². The van der Waals surface area contributed by atoms with Crippen molar-refractivity contribution in [1.29, 1.82) is 0 Å². The topological polar surface area (TPSA) is 81.4 Å². The van der Waals surface area contributed by atoms with Gasteiger partial charge in [0.25, 0.3) is 5.91 Å². The Bertz CT molecular complexity index is 1180. The molecule has 0 saturated carbocycles. The average molecular weight is 401 g/mol. The van der Waals surface area contributed by atoms with Crippen molar-refractivity contribution in [2.45, 2.75) is 33.3 Å². The van der Waals surface area contributed by atoms with Gasteiger partial charge in [-0.05, 0) is 62.2 Å². The van der Waals surface area contributed by atoms with Gasteiger partial charge in [-0.2, -0.15) is 9.61 Å². The quantitative estimate of drug-likeness (QED) is 0.527. The highest BCUT2D eigenvalue weighted by molar-refractivity contribution is 5.94. The number of fused-ring (bicyclic) bond motifs is 1. The van der Waals surface area contributed by atoms with Crippen LogP contribution >= 0.6 is 0 Å². The maximum Gasteiger partial charge on any atom is 0.265 e. The number of ether oxygens (including phenoxy) is 1. The molecule has 2 heterocycles. The van der Waals surface area contributed by atoms with Crippen LogP contribution in [-0.2, 0) is 11.2 Å². The van der Waals surface area contributed by atoms with Crippen LogP contribution in [-0.4, -0.2) is 31.8 Å². The number of carbonyl (C=O) groups is 1. The molecule has 0 radical (unpaired) electrons. The Morgan fingerprint density at radius 2 is 1.90 bits per heavy atom. The monoisotopic (exact) mass is 401 g/mol. The molecule has 1 atom stereocenters. The molecule has 2 aromatic carbocycles. The minimum Gasteiger partial charge on any atom is -0.481 e. The highest BCUT2D eigenvalue weighted by atomic mass is 16.5. The minimum absolute atomic E-state index is 0.218. The third kappa shape index (κ3) is 4.15. The van der Waals surface area contributed by atoms with Crippen molar-refractivity contribution in [3.8, 4) is 17.0 Å². The molecule has 0 spiro atoms. The van der Waals surface area contributed by atoms with Crippen LogP contribution in [0.15, 0.2) is 60.7 Å². The fraction of sp³-hybridized carbons (Fsp3) is 0.217. The Hall–Kier alpha value is -3.74. The van der Waals surface area contributed by atoms with Gasteiger partial charge in [0.15, 0.2) is 17.6 Å². The lowest BCUT2D eigenvalue weighted by molar-refractivity contribution is -0.122. The molecule has 0 saturated heterocycles. The first kappa shape index (κ1) is 19.6. The van der Waals surface area contributed by atoms with E-state index in [9.17, 15) is 4.79 Å². The van der Waals surface area contributed by atoms with Crippen LogP contribution in [0.1, 0.15) is 25.2 Å². The van der Waals surface area contributed by atoms with Crippen molar-refractivity contribution >= 4 is 17.2 Å². The molecule has 30 heavy (non-hydrogen) atoms. The molecule has 0 fully saturated rings. The van der Waals surface area contributed by atoms with E-state index in [1.165, 1.54) is 5.56 Å². The third-order valence-electron chi connectivity index (χ3n) is 4.86. The number of hydrogen-bond acceptors (Lipinski definition) is 5. The van der Waals surface area contributed by atoms with Crippen molar-refractivity contribution in [3.63, 3.8) is 0 Å². The molecular formula is C23H23N5O2. The van der Waals surface area contributed by atoms with Crippen LogP contribution in [0, 0.1) is 6.92 Å². The first-order chi connectivity index (χ1) is 14.5. The van der Waals surface area contributed by atoms with Crippen LogP contribution < -0.4 is 10.1 Å². The number of carbonyl (C=O) groups excluding carboxylic acids is 1. The van der Waals surface area contributed by atoms with E-state index in [1.807, 2.05) is 67.6 Å². The maximum atomic E-state index is 12.6. The number of nitrogens with zero attached hydrogens (tertiary/aromatic N) is 4. The lowest BCUT2D eigenvalue weighted by Gasteiger charge is -2.15. The molecule has 4 aromatic rings. The normalized spacial score (nSPS) is 12.0. The first-order valence-corrected chi connectivity index (χ1v) is 9.89. The molecule has 4 rings (SSSR count). The second kappa shape index (κ2) is 8.32. The van der Waals surface area contributed by atoms with E-state index < -0.39 is 6.10 Å². The molecule has 152 valence electrons. The predicted molar refractivity (Wildman–Crippen MR) is 115 cm³/mol. The largest absolute Gasteiger partial charge is 0.481 e. The van der Waals surface area contributed by atoms with E-state index in [1.54, 1.807) is 11.4 Å². The van der Waals surface area contributed by atoms with Crippen LogP contribution in [0.4, 0.5) is 5.69 Å². The van der Waals surface area contributed by atoms with Gasteiger partial charge in [0.1, 0.15) is 5.75 Å². The summed E-state index contributed by atoms with van der Waals surface area (Å²) in [5.41, 5.74) is 4.24. The average Bonchev–Trinajstić information content (AvgIpc) is 3.14. The zero-order valence-electron chi connectivity index (χ0n) is 17.2. The Balaban J connectivity index is 1.47. The van der Waals surface area contributed by atoms with Crippen molar-refractivity contribution in [2.24, 2.45) is 0 Å². The number of amides is 1. The fourth-order valence-electron chi connectivity index (χ4n) is 3.11. The van der Waals surface area contributed by atoms with Gasteiger partial charge >= 0.3 is 0 Å². The fourth-order valence-corrected chi connectivity index (χ4v) is 3.11. The zero-order valence-corrected chi connectivity index (χ0v) is 17.2. The van der Waals surface area contributed by atoms with Crippen LogP contribution in [0.25, 0.3) is 16.9 Å². The number of nitrogens with one attached hydrogen (secondary N) is 1. The molecule has 7 heteroatoms. The van der Waals surface area contributed by atoms with Gasteiger partial charge in [-0.15, -0.1) is 10.2 Å². The molecule has 0 aliphatic heterocycles. The van der Waals surface area contributed by atoms with Crippen LogP contribution in [0.2, 0.25) is 0 Å². The summed E-state index contributed by atoms with van der Waals surface area (Å²) in [6, 6.07) is 19.1. The smallest absolute Gasteiger partial charge is 0.265 e. The Morgan fingerprint density at radius 3 is 2.67 bits per heavy atom. The lowest BCUT2D eigenvalue weighted by atomic mass is 10.1. The molecule has 0 aliphatic carbocycles. The summed E-state index contributed by atoms with van der Waals surface area (Å²) in [6.07, 6.45) is 0.334. The zero-order chi connectivity index (χ0) is 21.1. The first-order valence-electron chi connectivity index (χ1n) is 9.89. The number of benzene rings is 2. The number of rotatable bonds is 6. The summed E-state index contributed by atoms with van der Waals surface area (Å²) in [7, 11) is 0. The molecule has 7 nitrogen and oxygen atoms in total. The van der Waals surface area contributed by atoms with E-state index in [0.717, 1.165) is 17.7 Å². The van der Waals surface area contributed by atoms with E-state index in [-0.39, 0.29) is 5.91 Å². The summed E-state index contributed by atoms with van der Waals surface area (Å²) >= 11 is 0. The molecule has 0 bridgehead atoms. The van der Waals surface area contributed by atoms with E-state index in [4.69, 9.17) is 4.74 Å². The van der Waals surface area contributed by atoms with Crippen molar-refractivity contribution in [3.05, 3.63) is 72.1 Å². The van der Waals surface area contributed by atoms with Crippen molar-refractivity contribution in [2.75, 3.05) is 5.32 Å². The summed E-state index contributed by atoms with van der Waals surface area (Å²) in [4.78, 5) is 12.6. The molecule has 2 aromatic heterocycles. The summed E-state index contributed by atoms with van der Waals surface area (Å²) in [5.74, 6) is 1.17. The van der Waals surface area contributed by atoms with Crippen LogP contribution in [0.3, 0.4) is 0 Å². The minimum atomic E-state index is -0.629. The summed E-state index contributed by atoms with van der Waals surface area (Å²) < 4.78 is 7.47. The number of hydrogen-bond donors (Lipinski definition) is 1. The van der Waals surface area contributed by atoms with E-state index in [0.29, 0.717) is 22.9 Å². The number of aryl methyl sites for hydroxylation is 2. The van der Waals surface area contributed by atoms with Gasteiger partial charge in [-0.25, -0.2) is 0 Å². The predicted octanol–water partition coefficient (Wildman–Crippen LogP) is 4.07. The van der Waals surface area contributed by atoms with E-state index >= 15 is 0 Å². The van der Waals surface area contributed by atoms with Crippen molar-refractivity contribution in [1.82, 2.24) is 19.8 Å². The van der Waals surface area contributed by atoms with Gasteiger partial charge in [0.2, 0.25) is 0 Å². The van der Waals surface area contributed by atoms with E-state index in [2.05, 4.69) is 27.5 Å². The summed E-state index contributed by atoms with van der Waals surface area (Å²) in [5, 5.41) is 15.6. The SMILES string of the molecule is CCc1ccc(OC(C)C(=O)Nc2cccc(-c3ccc4nnc(C)n4n3)c2)cc1. The van der Waals surface area contributed by atoms with Gasteiger partial charge < -0.3 is 10.1 Å². The van der Waals surface area contributed by atoms with Gasteiger partial charge in [-0.3, -0.25) is 4.79 Å². The molecular weight excluding hydrogens is 378 g/mol. The third-order valence-corrected chi connectivity index (χ3v) is 4.86. The molecule has 0 aliphatic rings. The second-order valence-electron chi connectivity index (χ2n) is 7.06. The van der Waals surface area contributed by atoms with Gasteiger partial charge in [0.05, 0.1) is 5.69 Å². The number of aromatic nitrogens is 4. The van der Waals surface area contributed by atoms with Crippen LogP contribution in [0.5, 0.6) is 5.75 Å². The highest BCUT2D eigenvalue weighted by Gasteiger charge is 2.15. The molecule has 1 N–H and O–H groups in total. The maximum absolute atomic E-state index is 12.6. The molecule has 1 unspecified atom stereocenters. The Kier molecular flexibility index (Phi) is 5.43. The molecule has 1 amide bonds. The summed E-state index contributed by atoms with van der Waals surface area (Å²) in [6.45, 7) is 5.68. The lowest BCUT2D eigenvalue weighted by Crippen LogP contribution is -2.30. The standard InChI is InChI=1S/C23H23N5O2/c1-4-17-8-10-20(11-9-17)30-15(2)23(29)24-19-7-5-6-18(14-19)21-12-13-22-26-25-16(3)28(22)27-21/h5-15H,4H2,1-3H3,(H,24,29). The Morgan fingerprint density at radius 1 is 1.10 bits per heavy atom. The second-order valence-corrected chi connectivity index (χ2v) is 7.06. The highest BCUT2D eigenvalue weighted by Crippen LogP contribution is 2.22. The van der Waals surface area contributed by atoms with Gasteiger partial charge in [-0.1, -0.05) is 31.2 Å². The Labute approximate surface area is 174 Å². The van der Waals surface area contributed by atoms with Gasteiger partial charge in [0, 0.05) is 11.3 Å². The number of anilines is 1.